The van der Waals surface area contributed by atoms with E-state index in [4.69, 9.17) is 0 Å². The predicted molar refractivity (Wildman–Crippen MR) is 74.2 cm³/mol. The van der Waals surface area contributed by atoms with Gasteiger partial charge < -0.3 is 15.2 Å². The fourth-order valence-corrected chi connectivity index (χ4v) is 1.88. The minimum Gasteiger partial charge on any atom is -0.360 e. The molecule has 0 aliphatic heterocycles. The molecule has 0 bridgehead atoms. The second kappa shape index (κ2) is 5.83. The molecule has 0 unspecified atom stereocenters. The van der Waals surface area contributed by atoms with E-state index in [2.05, 4.69) is 10.3 Å². The van der Waals surface area contributed by atoms with Crippen molar-refractivity contribution in [1.29, 1.82) is 0 Å². The van der Waals surface area contributed by atoms with Gasteiger partial charge in [-0.1, -0.05) is 0 Å². The second-order valence-electron chi connectivity index (χ2n) is 4.78. The number of ketones is 1. The highest BCUT2D eigenvalue weighted by molar-refractivity contribution is 6.44. The molecule has 1 aromatic heterocycles. The van der Waals surface area contributed by atoms with Gasteiger partial charge in [0.15, 0.2) is 0 Å². The Kier molecular flexibility index (Phi) is 4.14. The smallest absolute Gasteiger partial charge is 0.292 e. The van der Waals surface area contributed by atoms with E-state index in [1.54, 1.807) is 0 Å². The molecule has 0 fully saturated rings. The van der Waals surface area contributed by atoms with Crippen LogP contribution in [0.25, 0.3) is 10.9 Å². The van der Waals surface area contributed by atoms with Gasteiger partial charge in [0.1, 0.15) is 5.82 Å². The summed E-state index contributed by atoms with van der Waals surface area (Å²) in [6.45, 7) is 1.05. The van der Waals surface area contributed by atoms with Crippen LogP contribution in [-0.4, -0.2) is 48.8 Å². The molecule has 0 spiro atoms. The van der Waals surface area contributed by atoms with Gasteiger partial charge in [-0.05, 0) is 32.3 Å². The molecule has 1 amide bonds. The molecule has 0 aliphatic rings. The number of carbonyl (C=O) groups excluding carboxylic acids is 2. The summed E-state index contributed by atoms with van der Waals surface area (Å²) in [6.07, 6.45) is 1.43. The Morgan fingerprint density at radius 1 is 1.35 bits per heavy atom. The van der Waals surface area contributed by atoms with Crippen LogP contribution in [-0.2, 0) is 4.79 Å². The maximum Gasteiger partial charge on any atom is 0.292 e. The van der Waals surface area contributed by atoms with E-state index >= 15 is 0 Å². The highest BCUT2D eigenvalue weighted by Gasteiger charge is 2.19. The lowest BCUT2D eigenvalue weighted by atomic mass is 10.1. The molecule has 20 heavy (non-hydrogen) atoms. The molecule has 2 N–H and O–H groups in total. The number of H-pyrrole nitrogens is 1. The van der Waals surface area contributed by atoms with Crippen LogP contribution in [0.1, 0.15) is 10.4 Å². The fraction of sp³-hybridized carbons (Fsp3) is 0.286. The molecule has 106 valence electrons. The Morgan fingerprint density at radius 3 is 2.80 bits per heavy atom. The number of nitrogens with one attached hydrogen (secondary N) is 2. The number of amides is 1. The molecule has 0 radical (unpaired) electrons. The van der Waals surface area contributed by atoms with Gasteiger partial charge in [-0.15, -0.1) is 0 Å². The summed E-state index contributed by atoms with van der Waals surface area (Å²) in [5.74, 6) is -1.67. The van der Waals surface area contributed by atoms with Crippen molar-refractivity contribution >= 4 is 22.6 Å². The number of carbonyl (C=O) groups is 2. The van der Waals surface area contributed by atoms with Crippen molar-refractivity contribution < 1.29 is 14.0 Å². The summed E-state index contributed by atoms with van der Waals surface area (Å²) >= 11 is 0. The lowest BCUT2D eigenvalue weighted by Gasteiger charge is -2.09. The van der Waals surface area contributed by atoms with E-state index in [1.807, 2.05) is 19.0 Å². The number of halogens is 1. The lowest BCUT2D eigenvalue weighted by Crippen LogP contribution is -2.35. The first-order valence-corrected chi connectivity index (χ1v) is 6.23. The topological polar surface area (TPSA) is 65.2 Å². The van der Waals surface area contributed by atoms with Crippen LogP contribution < -0.4 is 5.32 Å². The maximum absolute atomic E-state index is 13.1. The van der Waals surface area contributed by atoms with Crippen molar-refractivity contribution in [3.63, 3.8) is 0 Å². The first-order chi connectivity index (χ1) is 9.49. The molecule has 1 aromatic carbocycles. The lowest BCUT2D eigenvalue weighted by molar-refractivity contribution is -0.117. The number of nitrogens with zero attached hydrogens (tertiary/aromatic N) is 1. The number of likely N-dealkylation sites (N-methyl/N-ethyl adjacent to an activating group) is 1. The van der Waals surface area contributed by atoms with Gasteiger partial charge in [-0.25, -0.2) is 4.39 Å². The van der Waals surface area contributed by atoms with Crippen LogP contribution in [0.15, 0.2) is 24.4 Å². The van der Waals surface area contributed by atoms with E-state index in [0.717, 1.165) is 0 Å². The average Bonchev–Trinajstić information content (AvgIpc) is 2.80. The highest BCUT2D eigenvalue weighted by atomic mass is 19.1. The van der Waals surface area contributed by atoms with Crippen molar-refractivity contribution in [2.75, 3.05) is 27.2 Å². The average molecular weight is 277 g/mol. The van der Waals surface area contributed by atoms with Crippen molar-refractivity contribution in [2.45, 2.75) is 0 Å². The summed E-state index contributed by atoms with van der Waals surface area (Å²) in [6, 6.07) is 4.04. The molecule has 0 saturated carbocycles. The number of fused-ring (bicyclic) bond motifs is 1. The van der Waals surface area contributed by atoms with E-state index < -0.39 is 17.5 Å². The van der Waals surface area contributed by atoms with E-state index in [9.17, 15) is 14.0 Å². The summed E-state index contributed by atoms with van der Waals surface area (Å²) < 4.78 is 13.1. The third kappa shape index (κ3) is 3.03. The minimum atomic E-state index is -0.655. The Labute approximate surface area is 115 Å². The largest absolute Gasteiger partial charge is 0.360 e. The number of aromatic nitrogens is 1. The van der Waals surface area contributed by atoms with Gasteiger partial charge in [-0.3, -0.25) is 9.59 Å². The zero-order valence-electron chi connectivity index (χ0n) is 11.4. The maximum atomic E-state index is 13.1. The Morgan fingerprint density at radius 2 is 2.10 bits per heavy atom. The molecule has 0 saturated heterocycles. The number of aromatic amines is 1. The van der Waals surface area contributed by atoms with Gasteiger partial charge in [0.25, 0.3) is 11.7 Å². The molecule has 2 rings (SSSR count). The van der Waals surface area contributed by atoms with Gasteiger partial charge in [0.05, 0.1) is 5.56 Å². The van der Waals surface area contributed by atoms with E-state index in [-0.39, 0.29) is 5.56 Å². The van der Waals surface area contributed by atoms with Crippen LogP contribution >= 0.6 is 0 Å². The van der Waals surface area contributed by atoms with Crippen molar-refractivity contribution in [3.8, 4) is 0 Å². The molecule has 5 nitrogen and oxygen atoms in total. The van der Waals surface area contributed by atoms with E-state index in [1.165, 1.54) is 24.4 Å². The van der Waals surface area contributed by atoms with Crippen LogP contribution in [0.2, 0.25) is 0 Å². The van der Waals surface area contributed by atoms with Crippen molar-refractivity contribution in [3.05, 3.63) is 35.8 Å². The van der Waals surface area contributed by atoms with Gasteiger partial charge in [0, 0.05) is 30.2 Å². The molecular weight excluding hydrogens is 261 g/mol. The highest BCUT2D eigenvalue weighted by Crippen LogP contribution is 2.19. The Hall–Kier alpha value is -2.21. The molecular formula is C14H16FN3O2. The monoisotopic (exact) mass is 277 g/mol. The number of hydrogen-bond acceptors (Lipinski definition) is 3. The summed E-state index contributed by atoms with van der Waals surface area (Å²) in [5.41, 5.74) is 0.747. The van der Waals surface area contributed by atoms with Gasteiger partial charge in [-0.2, -0.15) is 0 Å². The fourth-order valence-electron chi connectivity index (χ4n) is 1.88. The third-order valence-corrected chi connectivity index (χ3v) is 2.94. The summed E-state index contributed by atoms with van der Waals surface area (Å²) in [7, 11) is 3.75. The first-order valence-electron chi connectivity index (χ1n) is 6.23. The van der Waals surface area contributed by atoms with E-state index in [0.29, 0.717) is 24.0 Å². The van der Waals surface area contributed by atoms with Gasteiger partial charge in [0.2, 0.25) is 0 Å². The Balaban J connectivity index is 2.13. The van der Waals surface area contributed by atoms with Crippen LogP contribution in [0.5, 0.6) is 0 Å². The van der Waals surface area contributed by atoms with Gasteiger partial charge >= 0.3 is 0 Å². The molecule has 6 heteroatoms. The minimum absolute atomic E-state index is 0.252. The van der Waals surface area contributed by atoms with Crippen LogP contribution in [0, 0.1) is 5.82 Å². The second-order valence-corrected chi connectivity index (χ2v) is 4.78. The zero-order valence-corrected chi connectivity index (χ0v) is 11.4. The molecule has 1 heterocycles. The van der Waals surface area contributed by atoms with Crippen LogP contribution in [0.3, 0.4) is 0 Å². The Bertz CT molecular complexity index is 649. The standard InChI is InChI=1S/C14H16FN3O2/c1-18(2)6-5-16-14(20)13(19)11-8-17-12-7-9(15)3-4-10(11)12/h3-4,7-8,17H,5-6H2,1-2H3,(H,16,20). The molecule has 0 atom stereocenters. The first kappa shape index (κ1) is 14.2. The quantitative estimate of drug-likeness (QED) is 0.637. The number of benzene rings is 1. The number of Topliss-reactive ketones (excluding diaryl/α,β-unsaturated/α-hetero) is 1. The van der Waals surface area contributed by atoms with Crippen molar-refractivity contribution in [1.82, 2.24) is 15.2 Å². The normalized spacial score (nSPS) is 11.0. The van der Waals surface area contributed by atoms with Crippen molar-refractivity contribution in [2.24, 2.45) is 0 Å². The molecule has 0 aliphatic carbocycles. The van der Waals surface area contributed by atoms with Crippen LogP contribution in [0.4, 0.5) is 4.39 Å². The summed E-state index contributed by atoms with van der Waals surface area (Å²) in [5, 5.41) is 3.10. The number of rotatable bonds is 5. The molecule has 2 aromatic rings. The predicted octanol–water partition coefficient (Wildman–Crippen LogP) is 1.17. The summed E-state index contributed by atoms with van der Waals surface area (Å²) in [4.78, 5) is 28.5. The third-order valence-electron chi connectivity index (χ3n) is 2.94. The SMILES string of the molecule is CN(C)CCNC(=O)C(=O)c1c[nH]c2cc(F)ccc12. The zero-order chi connectivity index (χ0) is 14.7. The number of hydrogen-bond donors (Lipinski definition) is 2.